The third kappa shape index (κ3) is 6.30. The average Bonchev–Trinajstić information content (AvgIpc) is 2.49. The number of hydrogen-bond acceptors (Lipinski definition) is 6. The third-order valence-electron chi connectivity index (χ3n) is 2.18. The summed E-state index contributed by atoms with van der Waals surface area (Å²) < 4.78 is 17.6. The van der Waals surface area contributed by atoms with Gasteiger partial charge in [0.05, 0.1) is 6.34 Å². The van der Waals surface area contributed by atoms with Crippen molar-refractivity contribution in [2.24, 2.45) is 10.7 Å². The molecule has 0 heterocycles. The van der Waals surface area contributed by atoms with Crippen LogP contribution in [-0.2, 0) is 20.9 Å². The van der Waals surface area contributed by atoms with Crippen molar-refractivity contribution in [3.8, 4) is 5.75 Å². The Hall–Kier alpha value is -1.93. The van der Waals surface area contributed by atoms with Gasteiger partial charge in [-0.25, -0.2) is 9.88 Å². The van der Waals surface area contributed by atoms with Crippen LogP contribution in [0.2, 0.25) is 0 Å². The summed E-state index contributed by atoms with van der Waals surface area (Å²) in [5.41, 5.74) is 5.87. The second-order valence-corrected chi connectivity index (χ2v) is 3.43. The van der Waals surface area contributed by atoms with Crippen molar-refractivity contribution >= 4 is 6.34 Å². The molecule has 0 saturated carbocycles. The van der Waals surface area contributed by atoms with Gasteiger partial charge in [-0.15, -0.1) is 0 Å². The van der Waals surface area contributed by atoms with E-state index in [1.807, 2.05) is 0 Å². The summed E-state index contributed by atoms with van der Waals surface area (Å²) in [5, 5.41) is 18.0. The number of methoxy groups -OCH3 is 1. The van der Waals surface area contributed by atoms with Gasteiger partial charge in [0.25, 0.3) is 0 Å². The van der Waals surface area contributed by atoms with Gasteiger partial charge in [-0.2, -0.15) is 0 Å². The molecule has 1 atom stereocenters. The van der Waals surface area contributed by atoms with Crippen LogP contribution in [0.5, 0.6) is 5.75 Å². The second kappa shape index (κ2) is 9.93. The van der Waals surface area contributed by atoms with Crippen molar-refractivity contribution in [1.29, 1.82) is 0 Å². The van der Waals surface area contributed by atoms with Crippen LogP contribution in [0.25, 0.3) is 0 Å². The Morgan fingerprint density at radius 1 is 1.40 bits per heavy atom. The summed E-state index contributed by atoms with van der Waals surface area (Å²) >= 11 is 0. The van der Waals surface area contributed by atoms with Crippen molar-refractivity contribution in [2.45, 2.75) is 12.5 Å². The zero-order chi connectivity index (χ0) is 15.4. The van der Waals surface area contributed by atoms with Gasteiger partial charge in [0.2, 0.25) is 0 Å². The molecule has 0 saturated heterocycles. The quantitative estimate of drug-likeness (QED) is 0.126. The van der Waals surface area contributed by atoms with Gasteiger partial charge >= 0.3 is 17.2 Å². The first-order valence-electron chi connectivity index (χ1n) is 5.35. The fourth-order valence-corrected chi connectivity index (χ4v) is 1.20. The number of ether oxygens (including phenoxy) is 2. The van der Waals surface area contributed by atoms with Crippen molar-refractivity contribution in [2.75, 3.05) is 13.7 Å². The van der Waals surface area contributed by atoms with E-state index in [0.717, 1.165) is 11.9 Å². The molecule has 0 radical (unpaired) electrons. The molecule has 1 rings (SSSR count). The summed E-state index contributed by atoms with van der Waals surface area (Å²) in [5.74, 6) is -1.29. The van der Waals surface area contributed by atoms with Gasteiger partial charge in [0, 0.05) is 7.11 Å². The molecule has 110 valence electrons. The molecule has 0 fully saturated rings. The number of aliphatic hydroxyl groups is 1. The summed E-state index contributed by atoms with van der Waals surface area (Å²) in [7, 11) is 1.29. The van der Waals surface area contributed by atoms with Crippen LogP contribution in [0.15, 0.2) is 29.3 Å². The molecule has 8 heteroatoms. The number of hydrogen-bond donors (Lipinski definition) is 3. The van der Waals surface area contributed by atoms with E-state index in [1.54, 1.807) is 24.3 Å². The van der Waals surface area contributed by atoms with E-state index in [4.69, 9.17) is 25.1 Å². The van der Waals surface area contributed by atoms with Gasteiger partial charge in [0.1, 0.15) is 12.4 Å². The first-order chi connectivity index (χ1) is 9.63. The minimum atomic E-state index is -1.80. The topological polar surface area (TPSA) is 126 Å². The van der Waals surface area contributed by atoms with E-state index in [9.17, 15) is 5.11 Å². The van der Waals surface area contributed by atoms with E-state index in [2.05, 4.69) is 16.5 Å². The van der Waals surface area contributed by atoms with E-state index in [1.165, 1.54) is 7.11 Å². The minimum absolute atomic E-state index is 0.0970. The van der Waals surface area contributed by atoms with E-state index < -0.39 is 5.91 Å². The van der Waals surface area contributed by atoms with E-state index in [0.29, 0.717) is 5.75 Å². The first-order valence-corrected chi connectivity index (χ1v) is 5.35. The summed E-state index contributed by atoms with van der Waals surface area (Å²) in [6.45, 7) is 4.40. The van der Waals surface area contributed by atoms with Crippen LogP contribution < -0.4 is 10.5 Å². The fraction of sp³-hybridized carbons (Fsp3) is 0.333. The molecule has 1 aromatic carbocycles. The number of nitrogens with two attached hydrogens (primary N) is 1. The van der Waals surface area contributed by atoms with Gasteiger partial charge in [0.15, 0.2) is 6.61 Å². The van der Waals surface area contributed by atoms with Gasteiger partial charge < -0.3 is 20.3 Å². The number of aliphatic imine (C=N–C) groups is 1. The Balaban J connectivity index is 0.00000172. The first kappa shape index (κ1) is 18.1. The van der Waals surface area contributed by atoms with Crippen molar-refractivity contribution < 1.29 is 29.4 Å². The van der Waals surface area contributed by atoms with Gasteiger partial charge in [-0.1, -0.05) is 12.1 Å². The number of benzene rings is 1. The Bertz CT molecular complexity index is 420. The van der Waals surface area contributed by atoms with Crippen molar-refractivity contribution in [3.63, 3.8) is 0 Å². The molecule has 0 bridgehead atoms. The van der Waals surface area contributed by atoms with Crippen LogP contribution >= 0.6 is 0 Å². The van der Waals surface area contributed by atoms with Crippen LogP contribution in [0, 0.1) is 6.65 Å². The van der Waals surface area contributed by atoms with Crippen molar-refractivity contribution in [3.05, 3.63) is 36.5 Å². The average molecular weight is 284 g/mol. The number of rotatable bonds is 7. The molecule has 0 aliphatic heterocycles. The molecule has 1 aromatic rings. The second-order valence-electron chi connectivity index (χ2n) is 3.43. The molecule has 0 spiro atoms. The van der Waals surface area contributed by atoms with Crippen LogP contribution in [0.4, 0.5) is 0 Å². The Morgan fingerprint density at radius 3 is 2.45 bits per heavy atom. The Labute approximate surface area is 116 Å². The van der Waals surface area contributed by atoms with E-state index >= 15 is 0 Å². The van der Waals surface area contributed by atoms with Crippen LogP contribution in [0.1, 0.15) is 5.56 Å². The third-order valence-corrected chi connectivity index (χ3v) is 2.18. The Kier molecular flexibility index (Phi) is 8.97. The van der Waals surface area contributed by atoms with Gasteiger partial charge in [-0.05, 0) is 17.7 Å². The molecule has 0 aliphatic rings. The van der Waals surface area contributed by atoms with Crippen molar-refractivity contribution in [1.82, 2.24) is 0 Å². The summed E-state index contributed by atoms with van der Waals surface area (Å²) in [6.07, 6.45) is 0.939. The Morgan fingerprint density at radius 2 is 2.00 bits per heavy atom. The predicted molar refractivity (Wildman–Crippen MR) is 67.9 cm³/mol. The monoisotopic (exact) mass is 284 g/mol. The molecule has 4 N–H and O–H groups in total. The predicted octanol–water partition coefficient (Wildman–Crippen LogP) is 0.297. The standard InChI is InChI=1S/C11H16N2O5.CO/c1-16-11(14,13-8-12)7-17-10-4-2-9(3-5-10)6-18-15;1-2/h2-5,8,14-15H,6-7H2,1H3,(H2,12,13);. The molecule has 1 unspecified atom stereocenters. The fourth-order valence-electron chi connectivity index (χ4n) is 1.20. The maximum atomic E-state index is 9.74. The molecular formula is C12H16N2O6. The van der Waals surface area contributed by atoms with Gasteiger partial charge in [-0.3, -0.25) is 5.26 Å². The maximum absolute atomic E-state index is 9.74. The molecule has 20 heavy (non-hydrogen) atoms. The molecule has 8 nitrogen and oxygen atoms in total. The van der Waals surface area contributed by atoms with Crippen LogP contribution in [-0.4, -0.2) is 36.3 Å². The number of nitrogens with zero attached hydrogens (tertiary/aromatic N) is 1. The molecule has 0 aromatic heterocycles. The zero-order valence-corrected chi connectivity index (χ0v) is 10.9. The van der Waals surface area contributed by atoms with Crippen LogP contribution in [0.3, 0.4) is 0 Å². The summed E-state index contributed by atoms with van der Waals surface area (Å²) in [6, 6.07) is 6.75. The molecular weight excluding hydrogens is 268 g/mol. The molecule has 0 aliphatic carbocycles. The molecule has 0 amide bonds. The van der Waals surface area contributed by atoms with E-state index in [-0.39, 0.29) is 13.2 Å². The zero-order valence-electron chi connectivity index (χ0n) is 10.9. The SMILES string of the molecule is COC(O)(COc1ccc(COO)cc1)N=CN.[C-]#[O+]. The normalized spacial score (nSPS) is 13.2. The summed E-state index contributed by atoms with van der Waals surface area (Å²) in [4.78, 5) is 7.54.